The van der Waals surface area contributed by atoms with Crippen molar-refractivity contribution in [2.45, 2.75) is 26.2 Å². The summed E-state index contributed by atoms with van der Waals surface area (Å²) in [6.07, 6.45) is 5.55. The van der Waals surface area contributed by atoms with Crippen molar-refractivity contribution in [3.05, 3.63) is 77.3 Å². The van der Waals surface area contributed by atoms with Gasteiger partial charge in [-0.25, -0.2) is 0 Å². The number of piperidine rings is 1. The Labute approximate surface area is 160 Å². The first kappa shape index (κ1) is 17.3. The highest BCUT2D eigenvalue weighted by molar-refractivity contribution is 5.76. The second-order valence-corrected chi connectivity index (χ2v) is 7.17. The average molecular weight is 362 g/mol. The van der Waals surface area contributed by atoms with Crippen LogP contribution in [0.25, 0.3) is 5.70 Å². The van der Waals surface area contributed by atoms with Gasteiger partial charge in [-0.1, -0.05) is 30.3 Å². The highest BCUT2D eigenvalue weighted by Crippen LogP contribution is 2.32. The minimum Gasteiger partial charge on any atom is -0.508 e. The van der Waals surface area contributed by atoms with Crippen LogP contribution < -0.4 is 16.2 Å². The summed E-state index contributed by atoms with van der Waals surface area (Å²) >= 11 is 0. The lowest BCUT2D eigenvalue weighted by molar-refractivity contribution is 0.288. The number of phenols is 1. The van der Waals surface area contributed by atoms with Gasteiger partial charge in [0.15, 0.2) is 0 Å². The highest BCUT2D eigenvalue weighted by atomic mass is 16.3. The molecular weight excluding hydrogens is 336 g/mol. The van der Waals surface area contributed by atoms with Crippen molar-refractivity contribution in [2.75, 3.05) is 18.1 Å². The number of likely N-dealkylation sites (tertiary alicyclic amines) is 1. The topological polar surface area (TPSA) is 64.8 Å². The van der Waals surface area contributed by atoms with E-state index in [0.717, 1.165) is 41.4 Å². The summed E-state index contributed by atoms with van der Waals surface area (Å²) < 4.78 is 0. The summed E-state index contributed by atoms with van der Waals surface area (Å²) in [5, 5.41) is 11.7. The Morgan fingerprint density at radius 1 is 1.00 bits per heavy atom. The molecule has 1 saturated heterocycles. The molecular formula is C22H26N4O. The molecule has 0 unspecified atom stereocenters. The molecule has 2 aromatic carbocycles. The molecule has 2 aliphatic heterocycles. The van der Waals surface area contributed by atoms with E-state index in [9.17, 15) is 5.11 Å². The van der Waals surface area contributed by atoms with Gasteiger partial charge in [-0.2, -0.15) is 0 Å². The fourth-order valence-corrected chi connectivity index (χ4v) is 3.83. The number of nitrogens with one attached hydrogen (secondary N) is 1. The third kappa shape index (κ3) is 3.45. The number of hydrogen-bond donors (Lipinski definition) is 3. The van der Waals surface area contributed by atoms with E-state index in [1.165, 1.54) is 24.8 Å². The van der Waals surface area contributed by atoms with Crippen molar-refractivity contribution >= 4 is 11.4 Å². The Morgan fingerprint density at radius 2 is 1.78 bits per heavy atom. The fraction of sp³-hybridized carbons (Fsp3) is 0.273. The Hall–Kier alpha value is -3.08. The Kier molecular flexibility index (Phi) is 4.67. The Morgan fingerprint density at radius 3 is 2.52 bits per heavy atom. The summed E-state index contributed by atoms with van der Waals surface area (Å²) in [6, 6.07) is 15.5. The number of anilines is 1. The van der Waals surface area contributed by atoms with E-state index in [1.54, 1.807) is 12.1 Å². The lowest BCUT2D eigenvalue weighted by atomic mass is 10.0. The second-order valence-electron chi connectivity index (χ2n) is 7.17. The molecule has 2 aliphatic rings. The molecule has 5 nitrogen and oxygen atoms in total. The molecule has 2 aromatic rings. The van der Waals surface area contributed by atoms with E-state index in [0.29, 0.717) is 0 Å². The molecule has 0 atom stereocenters. The van der Waals surface area contributed by atoms with Crippen LogP contribution in [-0.2, 0) is 0 Å². The molecule has 0 radical (unpaired) electrons. The molecule has 0 amide bonds. The van der Waals surface area contributed by atoms with Crippen molar-refractivity contribution < 1.29 is 5.11 Å². The zero-order valence-electron chi connectivity index (χ0n) is 15.7. The number of nitrogens with zero attached hydrogens (tertiary/aromatic N) is 2. The molecule has 2 heterocycles. The fourth-order valence-electron chi connectivity index (χ4n) is 3.83. The Balaban J connectivity index is 1.80. The molecule has 0 aliphatic carbocycles. The van der Waals surface area contributed by atoms with Crippen LogP contribution in [0.15, 0.2) is 66.1 Å². The van der Waals surface area contributed by atoms with Crippen LogP contribution in [0.5, 0.6) is 5.75 Å². The Bertz CT molecular complexity index is 897. The van der Waals surface area contributed by atoms with Gasteiger partial charge in [0.1, 0.15) is 5.75 Å². The summed E-state index contributed by atoms with van der Waals surface area (Å²) in [4.78, 5) is 2.39. The zero-order chi connectivity index (χ0) is 18.8. The van der Waals surface area contributed by atoms with Gasteiger partial charge in [0.25, 0.3) is 0 Å². The summed E-state index contributed by atoms with van der Waals surface area (Å²) in [6.45, 7) is 4.16. The summed E-state index contributed by atoms with van der Waals surface area (Å²) in [7, 11) is 0. The van der Waals surface area contributed by atoms with Crippen LogP contribution in [0.1, 0.15) is 30.4 Å². The van der Waals surface area contributed by atoms with Crippen molar-refractivity contribution in [3.8, 4) is 5.75 Å². The second kappa shape index (κ2) is 7.27. The number of aryl methyl sites for hydroxylation is 1. The minimum atomic E-state index is 0.226. The van der Waals surface area contributed by atoms with Gasteiger partial charge in [-0.05, 0) is 43.9 Å². The van der Waals surface area contributed by atoms with Crippen LogP contribution in [-0.4, -0.2) is 23.1 Å². The van der Waals surface area contributed by atoms with Gasteiger partial charge in [0.05, 0.1) is 29.0 Å². The zero-order valence-corrected chi connectivity index (χ0v) is 15.7. The van der Waals surface area contributed by atoms with Gasteiger partial charge < -0.3 is 15.7 Å². The van der Waals surface area contributed by atoms with E-state index < -0.39 is 0 Å². The number of hydrazine groups is 1. The maximum atomic E-state index is 9.87. The molecule has 0 spiro atoms. The third-order valence-electron chi connectivity index (χ3n) is 5.21. The first-order valence-electron chi connectivity index (χ1n) is 9.51. The van der Waals surface area contributed by atoms with Crippen LogP contribution in [0, 0.1) is 6.92 Å². The number of nitrogens with two attached hydrogens (primary N) is 1. The van der Waals surface area contributed by atoms with Gasteiger partial charge in [0.2, 0.25) is 0 Å². The van der Waals surface area contributed by atoms with E-state index in [2.05, 4.69) is 41.5 Å². The summed E-state index contributed by atoms with van der Waals surface area (Å²) in [5.74, 6) is 0.226. The highest BCUT2D eigenvalue weighted by Gasteiger charge is 2.26. The molecule has 140 valence electrons. The van der Waals surface area contributed by atoms with Gasteiger partial charge in [-0.3, -0.25) is 10.4 Å². The van der Waals surface area contributed by atoms with Crippen LogP contribution >= 0.6 is 0 Å². The van der Waals surface area contributed by atoms with Crippen molar-refractivity contribution in [2.24, 2.45) is 5.73 Å². The predicted octanol–water partition coefficient (Wildman–Crippen LogP) is 3.68. The monoisotopic (exact) mass is 362 g/mol. The van der Waals surface area contributed by atoms with Crippen molar-refractivity contribution in [1.82, 2.24) is 10.3 Å². The van der Waals surface area contributed by atoms with E-state index in [1.807, 2.05) is 23.3 Å². The van der Waals surface area contributed by atoms with Crippen LogP contribution in [0.2, 0.25) is 0 Å². The lowest BCUT2D eigenvalue weighted by Crippen LogP contribution is -2.43. The summed E-state index contributed by atoms with van der Waals surface area (Å²) in [5.41, 5.74) is 16.1. The molecule has 0 bridgehead atoms. The van der Waals surface area contributed by atoms with Crippen LogP contribution in [0.4, 0.5) is 5.69 Å². The average Bonchev–Trinajstić information content (AvgIpc) is 2.68. The largest absolute Gasteiger partial charge is 0.508 e. The molecule has 4 N–H and O–H groups in total. The van der Waals surface area contributed by atoms with E-state index in [-0.39, 0.29) is 5.75 Å². The molecule has 5 heteroatoms. The molecule has 4 rings (SSSR count). The minimum absolute atomic E-state index is 0.226. The number of rotatable bonds is 3. The van der Waals surface area contributed by atoms with E-state index in [4.69, 9.17) is 5.73 Å². The van der Waals surface area contributed by atoms with E-state index >= 15 is 0 Å². The number of benzene rings is 2. The van der Waals surface area contributed by atoms with Crippen molar-refractivity contribution in [1.29, 1.82) is 0 Å². The maximum absolute atomic E-state index is 9.87. The quantitative estimate of drug-likeness (QED) is 0.777. The molecule has 27 heavy (non-hydrogen) atoms. The number of hydrogen-bond acceptors (Lipinski definition) is 5. The molecule has 0 saturated carbocycles. The third-order valence-corrected chi connectivity index (χ3v) is 5.21. The first-order chi connectivity index (χ1) is 13.1. The standard InChI is InChI=1S/C22H26N4O/c1-16-8-3-4-11-19(16)21-22(25-12-5-2-6-13-25)20(23)15-26(24-21)17-9-7-10-18(27)14-17/h3-4,7-11,14-15,24,27H,2,5-6,12-13,23H2,1H3. The van der Waals surface area contributed by atoms with Gasteiger partial charge >= 0.3 is 0 Å². The number of phenolic OH excluding ortho intramolecular Hbond substituents is 1. The molecule has 1 fully saturated rings. The normalized spacial score (nSPS) is 17.6. The van der Waals surface area contributed by atoms with Crippen molar-refractivity contribution in [3.63, 3.8) is 0 Å². The predicted molar refractivity (Wildman–Crippen MR) is 110 cm³/mol. The number of aromatic hydroxyl groups is 1. The molecule has 0 aromatic heterocycles. The van der Waals surface area contributed by atoms with Gasteiger partial charge in [0, 0.05) is 24.7 Å². The maximum Gasteiger partial charge on any atom is 0.117 e. The van der Waals surface area contributed by atoms with Crippen LogP contribution in [0.3, 0.4) is 0 Å². The first-order valence-corrected chi connectivity index (χ1v) is 9.51. The smallest absolute Gasteiger partial charge is 0.117 e. The van der Waals surface area contributed by atoms with Gasteiger partial charge in [-0.15, -0.1) is 0 Å². The lowest BCUT2D eigenvalue weighted by Gasteiger charge is -2.38. The SMILES string of the molecule is Cc1ccccc1C1=C(N2CCCCC2)C(N)=CN(c2cccc(O)c2)N1.